The number of carbonyl (C=O) groups excluding carboxylic acids is 1. The first-order chi connectivity index (χ1) is 14.4. The zero-order chi connectivity index (χ0) is 22.0. The fraction of sp³-hybridized carbons (Fsp3) is 0.640. The number of ether oxygens (including phenoxy) is 3. The van der Waals surface area contributed by atoms with E-state index in [2.05, 4.69) is 61.0 Å². The molecule has 1 aromatic rings. The Morgan fingerprint density at radius 1 is 1.23 bits per heavy atom. The predicted molar refractivity (Wildman–Crippen MR) is 125 cm³/mol. The van der Waals surface area contributed by atoms with Crippen LogP contribution in [0.1, 0.15) is 58.9 Å². The van der Waals surface area contributed by atoms with Gasteiger partial charge in [-0.3, -0.25) is 0 Å². The lowest BCUT2D eigenvalue weighted by Gasteiger charge is -2.43. The molecule has 0 saturated heterocycles. The summed E-state index contributed by atoms with van der Waals surface area (Å²) in [5.74, 6) is 0.621. The van der Waals surface area contributed by atoms with E-state index in [0.29, 0.717) is 36.8 Å². The smallest absolute Gasteiger partial charge is 0.330 e. The molecule has 2 rings (SSSR count). The number of hydrogen-bond donors (Lipinski definition) is 0. The maximum absolute atomic E-state index is 12.5. The largest absolute Gasteiger partial charge is 0.459 e. The first-order valence-corrected chi connectivity index (χ1v) is 12.2. The molecular weight excluding hydrogens is 444 g/mol. The lowest BCUT2D eigenvalue weighted by molar-refractivity contribution is -0.150. The Bertz CT molecular complexity index is 658. The van der Waals surface area contributed by atoms with Crippen LogP contribution >= 0.6 is 15.9 Å². The van der Waals surface area contributed by atoms with Gasteiger partial charge in [0.1, 0.15) is 6.10 Å². The van der Waals surface area contributed by atoms with Crippen LogP contribution in [0.2, 0.25) is 0 Å². The highest BCUT2D eigenvalue weighted by Crippen LogP contribution is 2.43. The summed E-state index contributed by atoms with van der Waals surface area (Å²) in [6.07, 6.45) is 6.87. The minimum absolute atomic E-state index is 0.0477. The van der Waals surface area contributed by atoms with Crippen LogP contribution in [-0.4, -0.2) is 36.9 Å². The molecule has 0 N–H and O–H groups in total. The average Bonchev–Trinajstić information content (AvgIpc) is 2.73. The number of benzene rings is 1. The zero-order valence-electron chi connectivity index (χ0n) is 18.8. The van der Waals surface area contributed by atoms with Gasteiger partial charge in [-0.2, -0.15) is 0 Å². The van der Waals surface area contributed by atoms with Gasteiger partial charge >= 0.3 is 5.97 Å². The van der Waals surface area contributed by atoms with Crippen LogP contribution in [0.3, 0.4) is 0 Å². The van der Waals surface area contributed by atoms with E-state index >= 15 is 0 Å². The van der Waals surface area contributed by atoms with Crippen molar-refractivity contribution in [2.75, 3.05) is 18.5 Å². The summed E-state index contributed by atoms with van der Waals surface area (Å²) in [6.45, 7) is 9.85. The molecule has 1 aliphatic carbocycles. The lowest BCUT2D eigenvalue weighted by Crippen LogP contribution is -2.43. The van der Waals surface area contributed by atoms with E-state index in [-0.39, 0.29) is 23.8 Å². The lowest BCUT2D eigenvalue weighted by atomic mass is 9.64. The van der Waals surface area contributed by atoms with Gasteiger partial charge in [0.2, 0.25) is 0 Å². The second-order valence-corrected chi connectivity index (χ2v) is 9.34. The molecule has 0 amide bonds. The second-order valence-electron chi connectivity index (χ2n) is 8.69. The molecule has 4 nitrogen and oxygen atoms in total. The van der Waals surface area contributed by atoms with E-state index in [9.17, 15) is 4.79 Å². The van der Waals surface area contributed by atoms with Crippen molar-refractivity contribution in [3.05, 3.63) is 48.0 Å². The second kappa shape index (κ2) is 12.6. The fourth-order valence-electron chi connectivity index (χ4n) is 4.32. The van der Waals surface area contributed by atoms with Crippen molar-refractivity contribution in [1.82, 2.24) is 0 Å². The Balaban J connectivity index is 1.92. The molecular formula is C25H37BrO4. The van der Waals surface area contributed by atoms with E-state index < -0.39 is 0 Å². The van der Waals surface area contributed by atoms with Crippen LogP contribution in [0.5, 0.6) is 0 Å². The molecule has 0 radical (unpaired) electrons. The van der Waals surface area contributed by atoms with Gasteiger partial charge in [0.15, 0.2) is 6.29 Å². The fourth-order valence-corrected chi connectivity index (χ4v) is 4.70. The molecule has 1 saturated carbocycles. The molecule has 0 bridgehead atoms. The molecule has 30 heavy (non-hydrogen) atoms. The zero-order valence-corrected chi connectivity index (χ0v) is 20.4. The molecule has 0 spiro atoms. The van der Waals surface area contributed by atoms with Crippen molar-refractivity contribution in [1.29, 1.82) is 0 Å². The molecule has 0 aromatic heterocycles. The molecule has 0 aliphatic heterocycles. The van der Waals surface area contributed by atoms with Gasteiger partial charge in [-0.05, 0) is 43.1 Å². The Kier molecular flexibility index (Phi) is 10.6. The Hall–Kier alpha value is -1.17. The number of halogens is 1. The van der Waals surface area contributed by atoms with Gasteiger partial charge in [-0.1, -0.05) is 79.5 Å². The summed E-state index contributed by atoms with van der Waals surface area (Å²) in [4.78, 5) is 12.5. The highest BCUT2D eigenvalue weighted by atomic mass is 79.9. The minimum Gasteiger partial charge on any atom is -0.459 e. The Morgan fingerprint density at radius 2 is 1.97 bits per heavy atom. The van der Waals surface area contributed by atoms with Crippen molar-refractivity contribution in [2.24, 2.45) is 11.8 Å². The van der Waals surface area contributed by atoms with Crippen LogP contribution in [-0.2, 0) is 24.4 Å². The number of rotatable bonds is 11. The number of carbonyl (C=O) groups is 1. The summed E-state index contributed by atoms with van der Waals surface area (Å²) < 4.78 is 17.0. The maximum Gasteiger partial charge on any atom is 0.330 e. The summed E-state index contributed by atoms with van der Waals surface area (Å²) in [7, 11) is 0. The van der Waals surface area contributed by atoms with Gasteiger partial charge in [-0.15, -0.1) is 0 Å². The van der Waals surface area contributed by atoms with Crippen molar-refractivity contribution in [3.63, 3.8) is 0 Å². The SMILES string of the molecule is CCOC(CBr)OCC/C=C/C(=O)O[C@@H]1C[C@H](C)CC[C@H]1C(C)(C)c1ccccc1. The van der Waals surface area contributed by atoms with E-state index in [4.69, 9.17) is 14.2 Å². The summed E-state index contributed by atoms with van der Waals surface area (Å²) in [5.41, 5.74) is 1.25. The van der Waals surface area contributed by atoms with E-state index in [1.807, 2.05) is 19.1 Å². The van der Waals surface area contributed by atoms with Gasteiger partial charge in [-0.25, -0.2) is 4.79 Å². The van der Waals surface area contributed by atoms with Crippen LogP contribution in [0.15, 0.2) is 42.5 Å². The van der Waals surface area contributed by atoms with Gasteiger partial charge in [0.25, 0.3) is 0 Å². The molecule has 1 aliphatic rings. The highest BCUT2D eigenvalue weighted by Gasteiger charge is 2.41. The van der Waals surface area contributed by atoms with Gasteiger partial charge in [0, 0.05) is 18.6 Å². The molecule has 1 fully saturated rings. The van der Waals surface area contributed by atoms with Crippen LogP contribution in [0.25, 0.3) is 0 Å². The summed E-state index contributed by atoms with van der Waals surface area (Å²) in [5, 5.41) is 0.630. The highest BCUT2D eigenvalue weighted by molar-refractivity contribution is 9.09. The summed E-state index contributed by atoms with van der Waals surface area (Å²) in [6, 6.07) is 10.6. The van der Waals surface area contributed by atoms with E-state index in [1.54, 1.807) is 6.08 Å². The molecule has 4 atom stereocenters. The van der Waals surface area contributed by atoms with Crippen LogP contribution in [0, 0.1) is 11.8 Å². The van der Waals surface area contributed by atoms with Crippen LogP contribution in [0.4, 0.5) is 0 Å². The van der Waals surface area contributed by atoms with Crippen molar-refractivity contribution in [3.8, 4) is 0 Å². The number of hydrogen-bond acceptors (Lipinski definition) is 4. The molecule has 168 valence electrons. The summed E-state index contributed by atoms with van der Waals surface area (Å²) >= 11 is 3.37. The first kappa shape index (κ1) is 25.1. The van der Waals surface area contributed by atoms with E-state index in [1.165, 1.54) is 12.0 Å². The first-order valence-electron chi connectivity index (χ1n) is 11.1. The Morgan fingerprint density at radius 3 is 2.63 bits per heavy atom. The maximum atomic E-state index is 12.5. The minimum atomic E-state index is -0.259. The predicted octanol–water partition coefficient (Wildman–Crippen LogP) is 6.03. The topological polar surface area (TPSA) is 44.8 Å². The van der Waals surface area contributed by atoms with Crippen molar-refractivity contribution < 1.29 is 19.0 Å². The van der Waals surface area contributed by atoms with Gasteiger partial charge in [0.05, 0.1) is 11.9 Å². The van der Waals surface area contributed by atoms with E-state index in [0.717, 1.165) is 12.8 Å². The van der Waals surface area contributed by atoms with Gasteiger partial charge < -0.3 is 14.2 Å². The molecule has 1 aromatic carbocycles. The molecule has 1 unspecified atom stereocenters. The average molecular weight is 481 g/mol. The Labute approximate surface area is 190 Å². The normalized spacial score (nSPS) is 23.4. The quantitative estimate of drug-likeness (QED) is 0.127. The van der Waals surface area contributed by atoms with Crippen molar-refractivity contribution in [2.45, 2.75) is 71.2 Å². The number of alkyl halides is 1. The standard InChI is InChI=1S/C25H37BrO4/c1-5-28-24(18-26)29-16-10-9-13-23(27)30-22-17-19(2)14-15-21(22)25(3,4)20-11-7-6-8-12-20/h6-9,11-13,19,21-22,24H,5,10,14-18H2,1-4H3/b13-9+/t19-,21-,22-,24?/m1/s1. The van der Waals surface area contributed by atoms with Crippen LogP contribution < -0.4 is 0 Å². The molecule has 0 heterocycles. The van der Waals surface area contributed by atoms with Crippen molar-refractivity contribution >= 4 is 21.9 Å². The monoisotopic (exact) mass is 480 g/mol. The third-order valence-corrected chi connectivity index (χ3v) is 6.62. The third kappa shape index (κ3) is 7.51. The number of esters is 1. The third-order valence-electron chi connectivity index (χ3n) is 6.09. The molecule has 5 heteroatoms.